The van der Waals surface area contributed by atoms with Gasteiger partial charge in [-0.25, -0.2) is 0 Å². The van der Waals surface area contributed by atoms with Crippen LogP contribution in [0.5, 0.6) is 0 Å². The van der Waals surface area contributed by atoms with Gasteiger partial charge in [-0.1, -0.05) is 60.8 Å². The Morgan fingerprint density at radius 3 is 2.43 bits per heavy atom. The maximum Gasteiger partial charge on any atom is 0.0508 e. The Morgan fingerprint density at radius 2 is 1.93 bits per heavy atom. The molecule has 0 aliphatic carbocycles. The van der Waals surface area contributed by atoms with E-state index in [1.54, 1.807) is 12.1 Å². The van der Waals surface area contributed by atoms with Crippen molar-refractivity contribution in [1.29, 1.82) is 0 Å². The van der Waals surface area contributed by atoms with Gasteiger partial charge < -0.3 is 0 Å². The van der Waals surface area contributed by atoms with Crippen molar-refractivity contribution in [2.45, 2.75) is 13.8 Å². The van der Waals surface area contributed by atoms with E-state index >= 15 is 0 Å². The van der Waals surface area contributed by atoms with Gasteiger partial charge in [0.15, 0.2) is 0 Å². The molecule has 1 rings (SSSR count). The summed E-state index contributed by atoms with van der Waals surface area (Å²) in [5.41, 5.74) is 0.825. The van der Waals surface area contributed by atoms with Crippen molar-refractivity contribution in [2.75, 3.05) is 0 Å². The normalized spacial score (nSPS) is 12.3. The average Bonchev–Trinajstić information content (AvgIpc) is 2.01. The van der Waals surface area contributed by atoms with Gasteiger partial charge in [-0.2, -0.15) is 0 Å². The molecule has 0 amide bonds. The lowest BCUT2D eigenvalue weighted by molar-refractivity contribution is 0.835. The van der Waals surface area contributed by atoms with Crippen LogP contribution in [0, 0.1) is 5.92 Å². The average molecular weight is 250 g/mol. The fourth-order valence-electron chi connectivity index (χ4n) is 1.07. The van der Waals surface area contributed by atoms with Crippen molar-refractivity contribution in [3.63, 3.8) is 0 Å². The van der Waals surface area contributed by atoms with E-state index in [2.05, 4.69) is 13.8 Å². The molecule has 0 saturated carbocycles. The van der Waals surface area contributed by atoms with E-state index in [1.165, 1.54) is 0 Å². The van der Waals surface area contributed by atoms with Gasteiger partial charge in [0.05, 0.1) is 5.02 Å². The fraction of sp³-hybridized carbons (Fsp3) is 0.273. The molecule has 0 saturated heterocycles. The number of halogens is 3. The summed E-state index contributed by atoms with van der Waals surface area (Å²) in [6, 6.07) is 5.29. The van der Waals surface area contributed by atoms with E-state index in [-0.39, 0.29) is 0 Å². The van der Waals surface area contributed by atoms with E-state index in [1.807, 2.05) is 12.1 Å². The summed E-state index contributed by atoms with van der Waals surface area (Å²) in [7, 11) is 0. The Labute approximate surface area is 99.5 Å². The zero-order valence-corrected chi connectivity index (χ0v) is 10.3. The molecule has 0 aromatic heterocycles. The molecule has 76 valence electrons. The van der Waals surface area contributed by atoms with Crippen molar-refractivity contribution < 1.29 is 0 Å². The highest BCUT2D eigenvalue weighted by Gasteiger charge is 2.05. The molecule has 14 heavy (non-hydrogen) atoms. The fourth-order valence-corrected chi connectivity index (χ4v) is 2.04. The van der Waals surface area contributed by atoms with Crippen LogP contribution in [-0.4, -0.2) is 0 Å². The molecule has 0 unspecified atom stereocenters. The highest BCUT2D eigenvalue weighted by Crippen LogP contribution is 2.30. The summed E-state index contributed by atoms with van der Waals surface area (Å²) >= 11 is 17.9. The quantitative estimate of drug-likeness (QED) is 0.673. The van der Waals surface area contributed by atoms with Crippen molar-refractivity contribution in [1.82, 2.24) is 0 Å². The van der Waals surface area contributed by atoms with Crippen LogP contribution in [-0.2, 0) is 0 Å². The first-order chi connectivity index (χ1) is 6.50. The molecule has 0 aliphatic heterocycles. The minimum atomic E-state index is 0.397. The van der Waals surface area contributed by atoms with Crippen molar-refractivity contribution in [3.05, 3.63) is 39.9 Å². The number of benzene rings is 1. The SMILES string of the molecule is CC(C)/C=C(/Cl)c1ccc(Cl)cc1Cl. The maximum atomic E-state index is 6.09. The number of hydrogen-bond acceptors (Lipinski definition) is 0. The summed E-state index contributed by atoms with van der Waals surface area (Å²) in [6.07, 6.45) is 1.96. The number of rotatable bonds is 2. The summed E-state index contributed by atoms with van der Waals surface area (Å²) in [5, 5.41) is 1.87. The lowest BCUT2D eigenvalue weighted by atomic mass is 10.1. The predicted octanol–water partition coefficient (Wildman–Crippen LogP) is 5.23. The molecule has 0 heterocycles. The zero-order valence-electron chi connectivity index (χ0n) is 8.02. The van der Waals surface area contributed by atoms with Crippen molar-refractivity contribution >= 4 is 39.8 Å². The second-order valence-electron chi connectivity index (χ2n) is 3.38. The highest BCUT2D eigenvalue weighted by atomic mass is 35.5. The van der Waals surface area contributed by atoms with Gasteiger partial charge >= 0.3 is 0 Å². The van der Waals surface area contributed by atoms with E-state index in [9.17, 15) is 0 Å². The van der Waals surface area contributed by atoms with Crippen LogP contribution in [0.25, 0.3) is 5.03 Å². The van der Waals surface area contributed by atoms with Gasteiger partial charge in [0.2, 0.25) is 0 Å². The van der Waals surface area contributed by atoms with Crippen molar-refractivity contribution in [3.8, 4) is 0 Å². The molecule has 1 aromatic rings. The molecule has 0 nitrogen and oxygen atoms in total. The van der Waals surface area contributed by atoms with Gasteiger partial charge in [-0.15, -0.1) is 0 Å². The van der Waals surface area contributed by atoms with Crippen LogP contribution in [0.2, 0.25) is 10.0 Å². The topological polar surface area (TPSA) is 0 Å². The molecule has 0 fully saturated rings. The van der Waals surface area contributed by atoms with Gasteiger partial charge in [-0.05, 0) is 18.1 Å². The summed E-state index contributed by atoms with van der Waals surface area (Å²) < 4.78 is 0. The van der Waals surface area contributed by atoms with Crippen LogP contribution >= 0.6 is 34.8 Å². The van der Waals surface area contributed by atoms with Gasteiger partial charge in [-0.3, -0.25) is 0 Å². The predicted molar refractivity (Wildman–Crippen MR) is 65.1 cm³/mol. The summed E-state index contributed by atoms with van der Waals surface area (Å²) in [5.74, 6) is 0.397. The first-order valence-electron chi connectivity index (χ1n) is 4.33. The molecule has 0 N–H and O–H groups in total. The Hall–Kier alpha value is -0.170. The molecule has 0 atom stereocenters. The smallest absolute Gasteiger partial charge is 0.0508 e. The van der Waals surface area contributed by atoms with E-state index in [4.69, 9.17) is 34.8 Å². The third kappa shape index (κ3) is 3.20. The molecule has 0 radical (unpaired) electrons. The van der Waals surface area contributed by atoms with E-state index < -0.39 is 0 Å². The molecule has 3 heteroatoms. The lowest BCUT2D eigenvalue weighted by Crippen LogP contribution is -1.84. The highest BCUT2D eigenvalue weighted by molar-refractivity contribution is 6.50. The lowest BCUT2D eigenvalue weighted by Gasteiger charge is -2.04. The monoisotopic (exact) mass is 248 g/mol. The molecule has 1 aromatic carbocycles. The minimum Gasteiger partial charge on any atom is -0.0843 e. The second kappa shape index (κ2) is 5.06. The molecule has 0 bridgehead atoms. The Balaban J connectivity index is 3.07. The Kier molecular flexibility index (Phi) is 4.31. The molecular weight excluding hydrogens is 238 g/mol. The third-order valence-electron chi connectivity index (χ3n) is 1.67. The summed E-state index contributed by atoms with van der Waals surface area (Å²) in [6.45, 7) is 4.12. The Bertz CT molecular complexity index is 354. The second-order valence-corrected chi connectivity index (χ2v) is 4.63. The first kappa shape index (κ1) is 11.9. The maximum absolute atomic E-state index is 6.09. The van der Waals surface area contributed by atoms with Gasteiger partial charge in [0, 0.05) is 15.6 Å². The van der Waals surface area contributed by atoms with Crippen LogP contribution in [0.15, 0.2) is 24.3 Å². The van der Waals surface area contributed by atoms with Gasteiger partial charge in [0.1, 0.15) is 0 Å². The van der Waals surface area contributed by atoms with Crippen LogP contribution in [0.3, 0.4) is 0 Å². The largest absolute Gasteiger partial charge is 0.0843 e. The van der Waals surface area contributed by atoms with Gasteiger partial charge in [0.25, 0.3) is 0 Å². The van der Waals surface area contributed by atoms with Crippen LogP contribution < -0.4 is 0 Å². The summed E-state index contributed by atoms with van der Waals surface area (Å²) in [4.78, 5) is 0. The van der Waals surface area contributed by atoms with E-state index in [0.29, 0.717) is 21.0 Å². The van der Waals surface area contributed by atoms with E-state index in [0.717, 1.165) is 5.56 Å². The molecule has 0 spiro atoms. The van der Waals surface area contributed by atoms with Crippen LogP contribution in [0.4, 0.5) is 0 Å². The zero-order chi connectivity index (χ0) is 10.7. The Morgan fingerprint density at radius 1 is 1.29 bits per heavy atom. The van der Waals surface area contributed by atoms with Crippen LogP contribution in [0.1, 0.15) is 19.4 Å². The molecular formula is C11H11Cl3. The standard InChI is InChI=1S/C11H11Cl3/c1-7(2)5-10(13)9-4-3-8(12)6-11(9)14/h3-7H,1-2H3/b10-5+. The first-order valence-corrected chi connectivity index (χ1v) is 5.47. The molecule has 0 aliphatic rings. The number of allylic oxidation sites excluding steroid dienone is 1. The number of hydrogen-bond donors (Lipinski definition) is 0. The minimum absolute atomic E-state index is 0.397. The third-order valence-corrected chi connectivity index (χ3v) is 2.55. The van der Waals surface area contributed by atoms with Crippen molar-refractivity contribution in [2.24, 2.45) is 5.92 Å².